The first-order valence-electron chi connectivity index (χ1n) is 5.62. The average Bonchev–Trinajstić information content (AvgIpc) is 2.68. The van der Waals surface area contributed by atoms with Crippen molar-refractivity contribution in [3.63, 3.8) is 0 Å². The summed E-state index contributed by atoms with van der Waals surface area (Å²) < 4.78 is 15.2. The van der Waals surface area contributed by atoms with Gasteiger partial charge in [-0.1, -0.05) is 11.8 Å². The number of aryl methyl sites for hydroxylation is 2. The van der Waals surface area contributed by atoms with Crippen LogP contribution in [0.1, 0.15) is 24.2 Å². The molecule has 0 saturated heterocycles. The van der Waals surface area contributed by atoms with E-state index in [1.54, 1.807) is 30.8 Å². The van der Waals surface area contributed by atoms with Crippen LogP contribution in [0, 0.1) is 12.7 Å². The molecule has 18 heavy (non-hydrogen) atoms. The summed E-state index contributed by atoms with van der Waals surface area (Å²) in [4.78, 5) is 1.82. The topological polar surface area (TPSA) is 38.0 Å². The molecule has 1 aromatic carbocycles. The molecule has 1 N–H and O–H groups in total. The minimum absolute atomic E-state index is 0.290. The van der Waals surface area contributed by atoms with Crippen LogP contribution in [-0.4, -0.2) is 14.9 Å². The molecule has 96 valence electrons. The van der Waals surface area contributed by atoms with Gasteiger partial charge >= 0.3 is 0 Å². The van der Waals surface area contributed by atoms with Gasteiger partial charge in [0.2, 0.25) is 0 Å². The monoisotopic (exact) mass is 266 g/mol. The minimum Gasteiger partial charge on any atom is -0.389 e. The summed E-state index contributed by atoms with van der Waals surface area (Å²) in [6.07, 6.45) is 2.93. The van der Waals surface area contributed by atoms with Crippen molar-refractivity contribution in [1.82, 2.24) is 9.78 Å². The zero-order valence-electron chi connectivity index (χ0n) is 10.5. The Morgan fingerprint density at radius 2 is 2.17 bits per heavy atom. The first-order chi connectivity index (χ1) is 8.47. The normalized spacial score (nSPS) is 12.7. The third kappa shape index (κ3) is 2.73. The van der Waals surface area contributed by atoms with Crippen LogP contribution in [0.2, 0.25) is 0 Å². The fourth-order valence-electron chi connectivity index (χ4n) is 1.66. The Balaban J connectivity index is 2.39. The molecule has 0 amide bonds. The van der Waals surface area contributed by atoms with E-state index in [1.165, 1.54) is 17.8 Å². The van der Waals surface area contributed by atoms with Crippen LogP contribution in [0.4, 0.5) is 4.39 Å². The van der Waals surface area contributed by atoms with E-state index in [0.717, 1.165) is 9.79 Å². The largest absolute Gasteiger partial charge is 0.389 e. The van der Waals surface area contributed by atoms with Gasteiger partial charge in [-0.15, -0.1) is 0 Å². The van der Waals surface area contributed by atoms with Crippen molar-refractivity contribution in [2.24, 2.45) is 7.05 Å². The molecule has 0 spiro atoms. The number of aliphatic hydroxyl groups is 1. The van der Waals surface area contributed by atoms with Crippen molar-refractivity contribution < 1.29 is 9.50 Å². The molecule has 0 fully saturated rings. The lowest BCUT2D eigenvalue weighted by atomic mass is 10.1. The molecular weight excluding hydrogens is 251 g/mol. The van der Waals surface area contributed by atoms with Crippen LogP contribution >= 0.6 is 11.8 Å². The standard InChI is InChI=1S/C13H15FN2OS/c1-8-4-13(11(9(2)17)5-12(8)14)18-10-6-15-16(3)7-10/h4-7,9,17H,1-3H3/t9-/m0/s1. The van der Waals surface area contributed by atoms with Crippen LogP contribution < -0.4 is 0 Å². The number of aliphatic hydroxyl groups excluding tert-OH is 1. The van der Waals surface area contributed by atoms with E-state index < -0.39 is 6.10 Å². The van der Waals surface area contributed by atoms with Crippen molar-refractivity contribution in [3.8, 4) is 0 Å². The highest BCUT2D eigenvalue weighted by atomic mass is 32.2. The molecule has 0 aliphatic rings. The summed E-state index contributed by atoms with van der Waals surface area (Å²) in [6.45, 7) is 3.35. The van der Waals surface area contributed by atoms with E-state index in [0.29, 0.717) is 11.1 Å². The fourth-order valence-corrected chi connectivity index (χ4v) is 2.81. The first kappa shape index (κ1) is 13.1. The number of rotatable bonds is 3. The second-order valence-corrected chi connectivity index (χ2v) is 5.38. The van der Waals surface area contributed by atoms with Crippen LogP contribution in [-0.2, 0) is 7.05 Å². The second kappa shape index (κ2) is 5.12. The zero-order valence-corrected chi connectivity index (χ0v) is 11.3. The smallest absolute Gasteiger partial charge is 0.126 e. The van der Waals surface area contributed by atoms with Gasteiger partial charge in [-0.3, -0.25) is 4.68 Å². The van der Waals surface area contributed by atoms with Gasteiger partial charge in [0.25, 0.3) is 0 Å². The van der Waals surface area contributed by atoms with Gasteiger partial charge in [0.05, 0.1) is 17.2 Å². The Morgan fingerprint density at radius 3 is 2.72 bits per heavy atom. The number of nitrogens with zero attached hydrogens (tertiary/aromatic N) is 2. The second-order valence-electron chi connectivity index (χ2n) is 4.27. The lowest BCUT2D eigenvalue weighted by Crippen LogP contribution is -1.97. The third-order valence-corrected chi connectivity index (χ3v) is 3.67. The summed E-state index contributed by atoms with van der Waals surface area (Å²) in [7, 11) is 1.84. The summed E-state index contributed by atoms with van der Waals surface area (Å²) in [6, 6.07) is 3.16. The van der Waals surface area contributed by atoms with Crippen molar-refractivity contribution in [2.75, 3.05) is 0 Å². The molecule has 0 aliphatic carbocycles. The third-order valence-electron chi connectivity index (χ3n) is 2.65. The van der Waals surface area contributed by atoms with Crippen LogP contribution in [0.15, 0.2) is 34.3 Å². The molecule has 1 heterocycles. The molecule has 0 bridgehead atoms. The predicted octanol–water partition coefficient (Wildman–Crippen LogP) is 3.07. The highest BCUT2D eigenvalue weighted by Crippen LogP contribution is 2.34. The van der Waals surface area contributed by atoms with Gasteiger partial charge in [0, 0.05) is 18.1 Å². The number of halogens is 1. The van der Waals surface area contributed by atoms with E-state index in [1.807, 2.05) is 13.2 Å². The quantitative estimate of drug-likeness (QED) is 0.927. The molecule has 3 nitrogen and oxygen atoms in total. The SMILES string of the molecule is Cc1cc(Sc2cnn(C)c2)c([C@H](C)O)cc1F. The minimum atomic E-state index is -0.695. The number of aromatic nitrogens is 2. The van der Waals surface area contributed by atoms with Gasteiger partial charge in [0.1, 0.15) is 5.82 Å². The van der Waals surface area contributed by atoms with E-state index >= 15 is 0 Å². The Kier molecular flexibility index (Phi) is 3.73. The van der Waals surface area contributed by atoms with Crippen LogP contribution in [0.3, 0.4) is 0 Å². The highest BCUT2D eigenvalue weighted by Gasteiger charge is 2.13. The molecule has 0 aliphatic heterocycles. The maximum Gasteiger partial charge on any atom is 0.126 e. The van der Waals surface area contributed by atoms with E-state index in [2.05, 4.69) is 5.10 Å². The van der Waals surface area contributed by atoms with Crippen molar-refractivity contribution in [2.45, 2.75) is 29.7 Å². The molecule has 1 aromatic heterocycles. The molecule has 1 atom stereocenters. The summed E-state index contributed by atoms with van der Waals surface area (Å²) in [5.41, 5.74) is 1.18. The molecule has 2 aromatic rings. The Hall–Kier alpha value is -1.33. The summed E-state index contributed by atoms with van der Waals surface area (Å²) in [5, 5.41) is 13.8. The molecule has 5 heteroatoms. The predicted molar refractivity (Wildman–Crippen MR) is 69.1 cm³/mol. The average molecular weight is 266 g/mol. The highest BCUT2D eigenvalue weighted by molar-refractivity contribution is 7.99. The van der Waals surface area contributed by atoms with Crippen molar-refractivity contribution >= 4 is 11.8 Å². The van der Waals surface area contributed by atoms with Crippen molar-refractivity contribution in [1.29, 1.82) is 0 Å². The molecule has 0 saturated carbocycles. The Morgan fingerprint density at radius 1 is 1.44 bits per heavy atom. The number of hydrogen-bond donors (Lipinski definition) is 1. The van der Waals surface area contributed by atoms with Gasteiger partial charge in [0.15, 0.2) is 0 Å². The number of hydrogen-bond acceptors (Lipinski definition) is 3. The zero-order chi connectivity index (χ0) is 13.3. The van der Waals surface area contributed by atoms with Gasteiger partial charge in [-0.05, 0) is 37.1 Å². The first-order valence-corrected chi connectivity index (χ1v) is 6.43. The molecule has 2 rings (SSSR count). The molecular formula is C13H15FN2OS. The Labute approximate surface area is 110 Å². The van der Waals surface area contributed by atoms with Crippen LogP contribution in [0.25, 0.3) is 0 Å². The lowest BCUT2D eigenvalue weighted by Gasteiger charge is -2.12. The van der Waals surface area contributed by atoms with E-state index in [9.17, 15) is 9.50 Å². The maximum atomic E-state index is 13.5. The van der Waals surface area contributed by atoms with E-state index in [-0.39, 0.29) is 5.82 Å². The van der Waals surface area contributed by atoms with Gasteiger partial charge in [-0.25, -0.2) is 4.39 Å². The maximum absolute atomic E-state index is 13.5. The fraction of sp³-hybridized carbons (Fsp3) is 0.308. The molecule has 0 radical (unpaired) electrons. The summed E-state index contributed by atoms with van der Waals surface area (Å²) in [5.74, 6) is -0.290. The van der Waals surface area contributed by atoms with Gasteiger partial charge in [-0.2, -0.15) is 5.10 Å². The Bertz CT molecular complexity index is 566. The van der Waals surface area contributed by atoms with Crippen molar-refractivity contribution in [3.05, 3.63) is 41.5 Å². The molecule has 0 unspecified atom stereocenters. The summed E-state index contributed by atoms with van der Waals surface area (Å²) >= 11 is 1.48. The van der Waals surface area contributed by atoms with Crippen LogP contribution in [0.5, 0.6) is 0 Å². The van der Waals surface area contributed by atoms with Gasteiger partial charge < -0.3 is 5.11 Å². The lowest BCUT2D eigenvalue weighted by molar-refractivity contribution is 0.196. The van der Waals surface area contributed by atoms with E-state index in [4.69, 9.17) is 0 Å². The number of benzene rings is 1.